The summed E-state index contributed by atoms with van der Waals surface area (Å²) >= 11 is 0. The highest BCUT2D eigenvalue weighted by atomic mass is 19.1. The van der Waals surface area contributed by atoms with E-state index >= 15 is 0 Å². The maximum absolute atomic E-state index is 13.2. The molecule has 0 amide bonds. The molecule has 0 unspecified atom stereocenters. The first-order valence-electron chi connectivity index (χ1n) is 6.99. The lowest BCUT2D eigenvalue weighted by Crippen LogP contribution is -2.54. The number of ether oxygens (including phenoxy) is 1. The van der Waals surface area contributed by atoms with Gasteiger partial charge < -0.3 is 15.2 Å². The largest absolute Gasteiger partial charge is 0.508 e. The fourth-order valence-corrected chi connectivity index (χ4v) is 2.53. The lowest BCUT2D eigenvalue weighted by molar-refractivity contribution is -0.00967. The summed E-state index contributed by atoms with van der Waals surface area (Å²) in [5.41, 5.74) is 0.777. The molecule has 1 aromatic carbocycles. The van der Waals surface area contributed by atoms with Gasteiger partial charge in [-0.05, 0) is 31.5 Å². The summed E-state index contributed by atoms with van der Waals surface area (Å²) in [6, 6.07) is 4.13. The summed E-state index contributed by atoms with van der Waals surface area (Å²) in [6.07, 6.45) is 0. The van der Waals surface area contributed by atoms with Crippen LogP contribution in [0.4, 0.5) is 4.39 Å². The Morgan fingerprint density at radius 1 is 1.30 bits per heavy atom. The Hall–Kier alpha value is -1.17. The second kappa shape index (κ2) is 6.52. The first kappa shape index (κ1) is 15.2. The van der Waals surface area contributed by atoms with Crippen molar-refractivity contribution in [3.63, 3.8) is 0 Å². The van der Waals surface area contributed by atoms with Crippen LogP contribution < -0.4 is 5.32 Å². The van der Waals surface area contributed by atoms with E-state index < -0.39 is 5.82 Å². The number of phenolic OH excluding ortho intramolecular Hbond substituents is 1. The quantitative estimate of drug-likeness (QED) is 0.863. The minimum atomic E-state index is -0.408. The topological polar surface area (TPSA) is 44.7 Å². The number of aromatic hydroxyl groups is 1. The Balaban J connectivity index is 1.84. The van der Waals surface area contributed by atoms with E-state index in [0.717, 1.165) is 44.5 Å². The molecule has 0 atom stereocenters. The zero-order chi connectivity index (χ0) is 14.6. The monoisotopic (exact) mass is 282 g/mol. The Labute approximate surface area is 119 Å². The lowest BCUT2D eigenvalue weighted by Gasteiger charge is -2.41. The van der Waals surface area contributed by atoms with Crippen LogP contribution in [0.5, 0.6) is 5.75 Å². The molecule has 0 saturated carbocycles. The van der Waals surface area contributed by atoms with Crippen LogP contribution in [0, 0.1) is 5.82 Å². The molecule has 2 N–H and O–H groups in total. The maximum atomic E-state index is 13.2. The number of benzene rings is 1. The van der Waals surface area contributed by atoms with Gasteiger partial charge >= 0.3 is 0 Å². The Bertz CT molecular complexity index is 425. The second-order valence-corrected chi connectivity index (χ2v) is 5.83. The van der Waals surface area contributed by atoms with Crippen LogP contribution in [0.2, 0.25) is 0 Å². The van der Waals surface area contributed by atoms with E-state index in [4.69, 9.17) is 4.74 Å². The Morgan fingerprint density at radius 2 is 2.00 bits per heavy atom. The van der Waals surface area contributed by atoms with Crippen LogP contribution in [-0.4, -0.2) is 48.4 Å². The Kier molecular flexibility index (Phi) is 4.96. The van der Waals surface area contributed by atoms with Gasteiger partial charge in [-0.1, -0.05) is 0 Å². The van der Waals surface area contributed by atoms with Crippen LogP contribution in [0.15, 0.2) is 18.2 Å². The molecule has 0 bridgehead atoms. The van der Waals surface area contributed by atoms with Gasteiger partial charge in [-0.2, -0.15) is 0 Å². The summed E-state index contributed by atoms with van der Waals surface area (Å²) in [7, 11) is 0. The molecule has 1 fully saturated rings. The normalized spacial score (nSPS) is 17.4. The van der Waals surface area contributed by atoms with Gasteiger partial charge in [0.05, 0.1) is 13.2 Å². The minimum Gasteiger partial charge on any atom is -0.508 e. The van der Waals surface area contributed by atoms with Gasteiger partial charge in [0.2, 0.25) is 0 Å². The molecule has 1 saturated heterocycles. The van der Waals surface area contributed by atoms with Crippen LogP contribution in [-0.2, 0) is 11.3 Å². The predicted molar refractivity (Wildman–Crippen MR) is 76.2 cm³/mol. The second-order valence-electron chi connectivity index (χ2n) is 5.83. The van der Waals surface area contributed by atoms with Gasteiger partial charge in [0.15, 0.2) is 0 Å². The number of halogens is 1. The molecule has 112 valence electrons. The van der Waals surface area contributed by atoms with Crippen molar-refractivity contribution in [2.45, 2.75) is 25.9 Å². The minimum absolute atomic E-state index is 0.0269. The molecule has 2 rings (SSSR count). The first-order valence-corrected chi connectivity index (χ1v) is 6.99. The summed E-state index contributed by atoms with van der Waals surface area (Å²) in [5.74, 6) is -0.441. The highest BCUT2D eigenvalue weighted by Gasteiger charge is 2.27. The smallest absolute Gasteiger partial charge is 0.127 e. The third-order valence-electron chi connectivity index (χ3n) is 3.70. The number of nitrogens with one attached hydrogen (secondary N) is 1. The van der Waals surface area contributed by atoms with E-state index in [-0.39, 0.29) is 11.3 Å². The van der Waals surface area contributed by atoms with Gasteiger partial charge in [0.25, 0.3) is 0 Å². The molecule has 20 heavy (non-hydrogen) atoms. The molecular weight excluding hydrogens is 259 g/mol. The van der Waals surface area contributed by atoms with E-state index in [1.807, 2.05) is 0 Å². The first-order chi connectivity index (χ1) is 9.47. The summed E-state index contributed by atoms with van der Waals surface area (Å²) < 4.78 is 18.5. The molecule has 1 aromatic rings. The van der Waals surface area contributed by atoms with Crippen molar-refractivity contribution in [2.75, 3.05) is 32.8 Å². The molecule has 0 radical (unpaired) electrons. The highest BCUT2D eigenvalue weighted by Crippen LogP contribution is 2.17. The number of phenols is 1. The number of morpholine rings is 1. The van der Waals surface area contributed by atoms with Gasteiger partial charge in [0.1, 0.15) is 11.6 Å². The van der Waals surface area contributed by atoms with Crippen molar-refractivity contribution in [3.05, 3.63) is 29.6 Å². The van der Waals surface area contributed by atoms with Crippen molar-refractivity contribution in [3.8, 4) is 5.75 Å². The van der Waals surface area contributed by atoms with Gasteiger partial charge in [-0.3, -0.25) is 4.90 Å². The molecule has 0 aromatic heterocycles. The van der Waals surface area contributed by atoms with Crippen LogP contribution >= 0.6 is 0 Å². The molecule has 5 heteroatoms. The van der Waals surface area contributed by atoms with E-state index in [1.165, 1.54) is 6.07 Å². The van der Waals surface area contributed by atoms with E-state index in [2.05, 4.69) is 24.1 Å². The SMILES string of the molecule is CC(C)(CNCc1cc(O)cc(F)c1)N1CCOCC1. The number of hydrogen-bond acceptors (Lipinski definition) is 4. The molecule has 4 nitrogen and oxygen atoms in total. The van der Waals surface area contributed by atoms with Crippen molar-refractivity contribution in [1.82, 2.24) is 10.2 Å². The number of hydrogen-bond donors (Lipinski definition) is 2. The highest BCUT2D eigenvalue weighted by molar-refractivity contribution is 5.28. The van der Waals surface area contributed by atoms with Crippen molar-refractivity contribution in [1.29, 1.82) is 0 Å². The van der Waals surface area contributed by atoms with Gasteiger partial charge in [-0.15, -0.1) is 0 Å². The fraction of sp³-hybridized carbons (Fsp3) is 0.600. The molecule has 1 aliphatic heterocycles. The van der Waals surface area contributed by atoms with Crippen molar-refractivity contribution in [2.24, 2.45) is 0 Å². The molecule has 0 aliphatic carbocycles. The van der Waals surface area contributed by atoms with E-state index in [1.54, 1.807) is 6.07 Å². The Morgan fingerprint density at radius 3 is 2.65 bits per heavy atom. The molecule has 1 aliphatic rings. The maximum Gasteiger partial charge on any atom is 0.127 e. The standard InChI is InChI=1S/C15H23FN2O2/c1-15(2,18-3-5-20-6-4-18)11-17-10-12-7-13(16)9-14(19)8-12/h7-9,17,19H,3-6,10-11H2,1-2H3. The van der Waals surface area contributed by atoms with Crippen LogP contribution in [0.1, 0.15) is 19.4 Å². The summed E-state index contributed by atoms with van der Waals surface area (Å²) in [5, 5.41) is 12.7. The number of nitrogens with zero attached hydrogens (tertiary/aromatic N) is 1. The van der Waals surface area contributed by atoms with Crippen molar-refractivity contribution < 1.29 is 14.2 Å². The lowest BCUT2D eigenvalue weighted by atomic mass is 10.0. The molecular formula is C15H23FN2O2. The average molecular weight is 282 g/mol. The summed E-state index contributed by atoms with van der Waals surface area (Å²) in [6.45, 7) is 9.15. The zero-order valence-corrected chi connectivity index (χ0v) is 12.2. The van der Waals surface area contributed by atoms with Gasteiger partial charge in [-0.25, -0.2) is 4.39 Å². The van der Waals surface area contributed by atoms with Crippen LogP contribution in [0.3, 0.4) is 0 Å². The molecule has 1 heterocycles. The van der Waals surface area contributed by atoms with Gasteiger partial charge in [0, 0.05) is 37.8 Å². The van der Waals surface area contributed by atoms with E-state index in [9.17, 15) is 9.50 Å². The van der Waals surface area contributed by atoms with Crippen LogP contribution in [0.25, 0.3) is 0 Å². The third kappa shape index (κ3) is 4.16. The number of rotatable bonds is 5. The third-order valence-corrected chi connectivity index (χ3v) is 3.70. The summed E-state index contributed by atoms with van der Waals surface area (Å²) in [4.78, 5) is 2.40. The molecule has 0 spiro atoms. The predicted octanol–water partition coefficient (Wildman–Crippen LogP) is 1.73. The van der Waals surface area contributed by atoms with E-state index in [0.29, 0.717) is 6.54 Å². The van der Waals surface area contributed by atoms with Crippen molar-refractivity contribution >= 4 is 0 Å². The average Bonchev–Trinajstić information content (AvgIpc) is 2.38. The zero-order valence-electron chi connectivity index (χ0n) is 12.2. The fourth-order valence-electron chi connectivity index (χ4n) is 2.53.